The number of pyridine rings is 1. The highest BCUT2D eigenvalue weighted by Crippen LogP contribution is 2.34. The van der Waals surface area contributed by atoms with Gasteiger partial charge in [-0.25, -0.2) is 0 Å². The third-order valence-corrected chi connectivity index (χ3v) is 3.09. The molecule has 0 aliphatic rings. The van der Waals surface area contributed by atoms with Gasteiger partial charge in [-0.05, 0) is 35.0 Å². The quantitative estimate of drug-likeness (QED) is 0.776. The van der Waals surface area contributed by atoms with Crippen LogP contribution in [0, 0.1) is 6.92 Å². The van der Waals surface area contributed by atoms with Crippen molar-refractivity contribution in [3.8, 4) is 5.75 Å². The average molecular weight is 252 g/mol. The molecule has 72 valence electrons. The van der Waals surface area contributed by atoms with Crippen molar-refractivity contribution in [2.24, 2.45) is 0 Å². The van der Waals surface area contributed by atoms with E-state index in [-0.39, 0.29) is 0 Å². The minimum atomic E-state index is 0.855. The molecule has 1 aromatic heterocycles. The molecule has 0 aliphatic heterocycles. The Kier molecular flexibility index (Phi) is 2.42. The van der Waals surface area contributed by atoms with E-state index in [0.717, 1.165) is 26.8 Å². The highest BCUT2D eigenvalue weighted by Gasteiger charge is 2.09. The van der Waals surface area contributed by atoms with Gasteiger partial charge in [0, 0.05) is 5.39 Å². The second-order valence-electron chi connectivity index (χ2n) is 3.06. The molecule has 3 heteroatoms. The highest BCUT2D eigenvalue weighted by molar-refractivity contribution is 9.10. The molecule has 0 saturated heterocycles. The fraction of sp³-hybridized carbons (Fsp3) is 0.182. The lowest BCUT2D eigenvalue weighted by Gasteiger charge is -2.09. The molecule has 0 radical (unpaired) electrons. The van der Waals surface area contributed by atoms with Crippen molar-refractivity contribution in [2.75, 3.05) is 7.11 Å². The standard InChI is InChI=1S/C11H10BrNO/c1-7-10(12)11(14-2)8-5-3-4-6-9(8)13-7/h3-6H,1-2H3. The monoisotopic (exact) mass is 251 g/mol. The number of ether oxygens (including phenoxy) is 1. The predicted molar refractivity (Wildman–Crippen MR) is 60.7 cm³/mol. The molecule has 0 bridgehead atoms. The van der Waals surface area contributed by atoms with Gasteiger partial charge in [-0.3, -0.25) is 4.98 Å². The van der Waals surface area contributed by atoms with E-state index in [1.165, 1.54) is 0 Å². The third-order valence-electron chi connectivity index (χ3n) is 2.16. The fourth-order valence-electron chi connectivity index (χ4n) is 1.48. The van der Waals surface area contributed by atoms with E-state index >= 15 is 0 Å². The van der Waals surface area contributed by atoms with Gasteiger partial charge in [0.2, 0.25) is 0 Å². The molecule has 0 unspecified atom stereocenters. The lowest BCUT2D eigenvalue weighted by Crippen LogP contribution is -1.92. The number of benzene rings is 1. The summed E-state index contributed by atoms with van der Waals surface area (Å²) in [6.07, 6.45) is 0. The van der Waals surface area contributed by atoms with Crippen molar-refractivity contribution >= 4 is 26.8 Å². The maximum atomic E-state index is 5.35. The maximum absolute atomic E-state index is 5.35. The van der Waals surface area contributed by atoms with Crippen LogP contribution in [0.25, 0.3) is 10.9 Å². The molecular weight excluding hydrogens is 242 g/mol. The Bertz CT molecular complexity index is 482. The van der Waals surface area contributed by atoms with Crippen LogP contribution in [0.15, 0.2) is 28.7 Å². The fourth-order valence-corrected chi connectivity index (χ4v) is 1.94. The first kappa shape index (κ1) is 9.46. The Hall–Kier alpha value is -1.09. The van der Waals surface area contributed by atoms with Crippen LogP contribution in [0.2, 0.25) is 0 Å². The van der Waals surface area contributed by atoms with Crippen LogP contribution in [0.4, 0.5) is 0 Å². The molecule has 0 amide bonds. The van der Waals surface area contributed by atoms with Crippen LogP contribution in [0.5, 0.6) is 5.75 Å². The van der Waals surface area contributed by atoms with E-state index in [1.54, 1.807) is 7.11 Å². The van der Waals surface area contributed by atoms with E-state index in [2.05, 4.69) is 20.9 Å². The Morgan fingerprint density at radius 1 is 1.29 bits per heavy atom. The van der Waals surface area contributed by atoms with Crippen molar-refractivity contribution in [3.63, 3.8) is 0 Å². The van der Waals surface area contributed by atoms with Gasteiger partial charge in [0.25, 0.3) is 0 Å². The normalized spacial score (nSPS) is 10.5. The lowest BCUT2D eigenvalue weighted by molar-refractivity contribution is 0.416. The van der Waals surface area contributed by atoms with Crippen molar-refractivity contribution in [1.29, 1.82) is 0 Å². The average Bonchev–Trinajstić information content (AvgIpc) is 2.20. The molecule has 1 aromatic carbocycles. The molecule has 0 N–H and O–H groups in total. The van der Waals surface area contributed by atoms with E-state index in [1.807, 2.05) is 31.2 Å². The van der Waals surface area contributed by atoms with Crippen LogP contribution in [-0.4, -0.2) is 12.1 Å². The van der Waals surface area contributed by atoms with Crippen LogP contribution in [0.3, 0.4) is 0 Å². The van der Waals surface area contributed by atoms with Gasteiger partial charge >= 0.3 is 0 Å². The minimum Gasteiger partial charge on any atom is -0.495 e. The maximum Gasteiger partial charge on any atom is 0.144 e. The van der Waals surface area contributed by atoms with Crippen LogP contribution in [-0.2, 0) is 0 Å². The van der Waals surface area contributed by atoms with Gasteiger partial charge in [-0.15, -0.1) is 0 Å². The minimum absolute atomic E-state index is 0.855. The van der Waals surface area contributed by atoms with Crippen LogP contribution >= 0.6 is 15.9 Å². The summed E-state index contributed by atoms with van der Waals surface area (Å²) in [5.74, 6) is 0.855. The van der Waals surface area contributed by atoms with Crippen molar-refractivity contribution < 1.29 is 4.74 Å². The number of para-hydroxylation sites is 1. The lowest BCUT2D eigenvalue weighted by atomic mass is 10.2. The third kappa shape index (κ3) is 1.38. The highest BCUT2D eigenvalue weighted by atomic mass is 79.9. The molecule has 2 rings (SSSR count). The van der Waals surface area contributed by atoms with Crippen LogP contribution in [0.1, 0.15) is 5.69 Å². The second kappa shape index (κ2) is 3.58. The summed E-state index contributed by atoms with van der Waals surface area (Å²) in [7, 11) is 1.67. The molecule has 0 fully saturated rings. The first-order valence-electron chi connectivity index (χ1n) is 4.33. The second-order valence-corrected chi connectivity index (χ2v) is 3.85. The molecule has 0 atom stereocenters. The van der Waals surface area contributed by atoms with Gasteiger partial charge in [-0.2, -0.15) is 0 Å². The Morgan fingerprint density at radius 2 is 2.00 bits per heavy atom. The van der Waals surface area contributed by atoms with Gasteiger partial charge in [0.05, 0.1) is 22.8 Å². The summed E-state index contributed by atoms with van der Waals surface area (Å²) < 4.78 is 6.28. The topological polar surface area (TPSA) is 22.1 Å². The summed E-state index contributed by atoms with van der Waals surface area (Å²) in [6, 6.07) is 7.94. The molecule has 2 nitrogen and oxygen atoms in total. The molecular formula is C11H10BrNO. The Morgan fingerprint density at radius 3 is 2.71 bits per heavy atom. The summed E-state index contributed by atoms with van der Waals surface area (Å²) in [5.41, 5.74) is 1.91. The SMILES string of the molecule is COc1c(Br)c(C)nc2ccccc12. The van der Waals surface area contributed by atoms with Crippen LogP contribution < -0.4 is 4.74 Å². The summed E-state index contributed by atoms with van der Waals surface area (Å²) in [5, 5.41) is 1.03. The Labute approximate surface area is 91.0 Å². The predicted octanol–water partition coefficient (Wildman–Crippen LogP) is 3.31. The number of rotatable bonds is 1. The number of aryl methyl sites for hydroxylation is 1. The molecule has 2 aromatic rings. The smallest absolute Gasteiger partial charge is 0.144 e. The van der Waals surface area contributed by atoms with Crippen molar-refractivity contribution in [3.05, 3.63) is 34.4 Å². The molecule has 1 heterocycles. The zero-order valence-electron chi connectivity index (χ0n) is 8.04. The molecule has 0 aliphatic carbocycles. The zero-order chi connectivity index (χ0) is 10.1. The number of nitrogens with zero attached hydrogens (tertiary/aromatic N) is 1. The molecule has 14 heavy (non-hydrogen) atoms. The first-order chi connectivity index (χ1) is 6.74. The zero-order valence-corrected chi connectivity index (χ0v) is 9.63. The summed E-state index contributed by atoms with van der Waals surface area (Å²) >= 11 is 3.47. The Balaban J connectivity index is 2.89. The number of halogens is 1. The number of aromatic nitrogens is 1. The number of hydrogen-bond acceptors (Lipinski definition) is 2. The number of hydrogen-bond donors (Lipinski definition) is 0. The van der Waals surface area contributed by atoms with E-state index in [9.17, 15) is 0 Å². The van der Waals surface area contributed by atoms with Gasteiger partial charge in [-0.1, -0.05) is 12.1 Å². The first-order valence-corrected chi connectivity index (χ1v) is 5.12. The van der Waals surface area contributed by atoms with E-state index in [4.69, 9.17) is 4.74 Å². The van der Waals surface area contributed by atoms with Crippen molar-refractivity contribution in [1.82, 2.24) is 4.98 Å². The van der Waals surface area contributed by atoms with Gasteiger partial charge < -0.3 is 4.74 Å². The van der Waals surface area contributed by atoms with Gasteiger partial charge in [0.15, 0.2) is 0 Å². The van der Waals surface area contributed by atoms with Gasteiger partial charge in [0.1, 0.15) is 5.75 Å². The number of fused-ring (bicyclic) bond motifs is 1. The van der Waals surface area contributed by atoms with E-state index in [0.29, 0.717) is 0 Å². The summed E-state index contributed by atoms with van der Waals surface area (Å²) in [6.45, 7) is 1.96. The van der Waals surface area contributed by atoms with E-state index < -0.39 is 0 Å². The molecule has 0 saturated carbocycles. The molecule has 0 spiro atoms. The van der Waals surface area contributed by atoms with Crippen molar-refractivity contribution in [2.45, 2.75) is 6.92 Å². The summed E-state index contributed by atoms with van der Waals surface area (Å²) in [4.78, 5) is 4.46. The number of methoxy groups -OCH3 is 1. The largest absolute Gasteiger partial charge is 0.495 e.